The molecule has 0 bridgehead atoms. The molecule has 0 unspecified atom stereocenters. The van der Waals surface area contributed by atoms with Gasteiger partial charge in [0.2, 0.25) is 5.91 Å². The molecule has 0 aromatic carbocycles. The van der Waals surface area contributed by atoms with E-state index in [-0.39, 0.29) is 10.5 Å². The average molecular weight is 262 g/mol. The van der Waals surface area contributed by atoms with Gasteiger partial charge in [-0.05, 0) is 0 Å². The van der Waals surface area contributed by atoms with Gasteiger partial charge in [-0.25, -0.2) is 0 Å². The van der Waals surface area contributed by atoms with E-state index in [9.17, 15) is 4.79 Å². The van der Waals surface area contributed by atoms with Crippen molar-refractivity contribution >= 4 is 52.6 Å². The highest BCUT2D eigenvalue weighted by Gasteiger charge is 2.11. The van der Waals surface area contributed by atoms with Crippen LogP contribution in [-0.2, 0) is 4.79 Å². The minimum Gasteiger partial charge on any atom is -0.370 e. The van der Waals surface area contributed by atoms with E-state index in [4.69, 9.17) is 28.9 Å². The first kappa shape index (κ1) is 13.8. The number of carbonyl (C=O) groups is 1. The fraction of sp³-hybridized carbons (Fsp3) is 0.857. The lowest BCUT2D eigenvalue weighted by molar-refractivity contribution is -0.117. The van der Waals surface area contributed by atoms with Crippen molar-refractivity contribution in [1.82, 2.24) is 0 Å². The van der Waals surface area contributed by atoms with Crippen molar-refractivity contribution in [3.63, 3.8) is 0 Å². The summed E-state index contributed by atoms with van der Waals surface area (Å²) in [6.07, 6.45) is 0.392. The van der Waals surface area contributed by atoms with Gasteiger partial charge in [-0.15, -0.1) is 46.7 Å². The number of hydrogen-bond donors (Lipinski definition) is 1. The molecule has 0 saturated heterocycles. The molecule has 0 saturated carbocycles. The van der Waals surface area contributed by atoms with Crippen LogP contribution in [0.2, 0.25) is 0 Å². The summed E-state index contributed by atoms with van der Waals surface area (Å²) in [7, 11) is 0. The Bertz CT molecular complexity index is 140. The molecule has 0 aliphatic heterocycles. The van der Waals surface area contributed by atoms with Crippen molar-refractivity contribution in [2.75, 3.05) is 23.3 Å². The van der Waals surface area contributed by atoms with E-state index in [1.54, 1.807) is 23.5 Å². The number of hydrogen-bond acceptors (Lipinski definition) is 3. The minimum absolute atomic E-state index is 0.204. The van der Waals surface area contributed by atoms with Crippen LogP contribution in [0.15, 0.2) is 0 Å². The molecule has 2 N–H and O–H groups in total. The number of thioether (sulfide) groups is 2. The molecular formula is C7H13Cl2NOS2. The minimum atomic E-state index is -0.269. The predicted molar refractivity (Wildman–Crippen MR) is 64.0 cm³/mol. The highest BCUT2D eigenvalue weighted by atomic mass is 35.5. The van der Waals surface area contributed by atoms with Gasteiger partial charge in [0.15, 0.2) is 0 Å². The van der Waals surface area contributed by atoms with Crippen LogP contribution in [0.1, 0.15) is 6.42 Å². The summed E-state index contributed by atoms with van der Waals surface area (Å²) in [5, 5.41) is 0. The van der Waals surface area contributed by atoms with Gasteiger partial charge in [0, 0.05) is 29.7 Å². The fourth-order valence-electron chi connectivity index (χ4n) is 0.682. The standard InChI is InChI=1S/C7H13Cl2NOS2/c8-1-3-12-7(5-6(10)11)13-4-2-9/h7H,1-5H2,(H2,10,11). The Balaban J connectivity index is 3.66. The molecule has 0 atom stereocenters. The van der Waals surface area contributed by atoms with Gasteiger partial charge in [0.05, 0.1) is 4.58 Å². The van der Waals surface area contributed by atoms with Crippen LogP contribution in [0.4, 0.5) is 0 Å². The van der Waals surface area contributed by atoms with Crippen LogP contribution in [0.5, 0.6) is 0 Å². The molecule has 0 aliphatic carbocycles. The molecule has 0 radical (unpaired) electrons. The van der Waals surface area contributed by atoms with Crippen molar-refractivity contribution < 1.29 is 4.79 Å². The Morgan fingerprint density at radius 2 is 1.69 bits per heavy atom. The molecule has 0 spiro atoms. The summed E-state index contributed by atoms with van der Waals surface area (Å²) < 4.78 is 0.204. The Morgan fingerprint density at radius 3 is 2.00 bits per heavy atom. The van der Waals surface area contributed by atoms with E-state index >= 15 is 0 Å². The fourth-order valence-corrected chi connectivity index (χ4v) is 3.45. The maximum Gasteiger partial charge on any atom is 0.219 e. The zero-order chi connectivity index (χ0) is 10.1. The lowest BCUT2D eigenvalue weighted by atomic mass is 10.5. The van der Waals surface area contributed by atoms with E-state index < -0.39 is 0 Å². The molecule has 0 fully saturated rings. The molecule has 0 heterocycles. The average Bonchev–Trinajstić information content (AvgIpc) is 2.09. The summed E-state index contributed by atoms with van der Waals surface area (Å²) in [5.41, 5.74) is 5.11. The van der Waals surface area contributed by atoms with E-state index in [1.165, 1.54) is 0 Å². The van der Waals surface area contributed by atoms with Crippen LogP contribution in [0.3, 0.4) is 0 Å². The van der Waals surface area contributed by atoms with E-state index in [0.717, 1.165) is 11.5 Å². The van der Waals surface area contributed by atoms with E-state index in [2.05, 4.69) is 0 Å². The second-order valence-corrected chi connectivity index (χ2v) is 5.90. The first-order valence-corrected chi connectivity index (χ1v) is 7.00. The zero-order valence-electron chi connectivity index (χ0n) is 7.17. The molecule has 0 aromatic heterocycles. The highest BCUT2D eigenvalue weighted by Crippen LogP contribution is 2.26. The third kappa shape index (κ3) is 9.06. The summed E-state index contributed by atoms with van der Waals surface area (Å²) >= 11 is 14.4. The van der Waals surface area contributed by atoms with Gasteiger partial charge in [-0.2, -0.15) is 0 Å². The topological polar surface area (TPSA) is 43.1 Å². The van der Waals surface area contributed by atoms with E-state index in [1.807, 2.05) is 0 Å². The lowest BCUT2D eigenvalue weighted by Gasteiger charge is -2.12. The van der Waals surface area contributed by atoms with Crippen molar-refractivity contribution in [2.45, 2.75) is 11.0 Å². The van der Waals surface area contributed by atoms with Crippen LogP contribution in [0.25, 0.3) is 0 Å². The predicted octanol–water partition coefficient (Wildman–Crippen LogP) is 2.13. The van der Waals surface area contributed by atoms with Crippen LogP contribution < -0.4 is 5.73 Å². The third-order valence-corrected chi connectivity index (χ3v) is 4.73. The number of primary amides is 1. The van der Waals surface area contributed by atoms with Crippen LogP contribution in [0, 0.1) is 0 Å². The largest absolute Gasteiger partial charge is 0.370 e. The molecule has 13 heavy (non-hydrogen) atoms. The van der Waals surface area contributed by atoms with Gasteiger partial charge < -0.3 is 5.73 Å². The lowest BCUT2D eigenvalue weighted by Crippen LogP contribution is -2.16. The van der Waals surface area contributed by atoms with Crippen molar-refractivity contribution in [3.05, 3.63) is 0 Å². The number of halogens is 2. The molecule has 0 rings (SSSR count). The number of alkyl halides is 2. The van der Waals surface area contributed by atoms with E-state index in [0.29, 0.717) is 18.2 Å². The van der Waals surface area contributed by atoms with Crippen molar-refractivity contribution in [1.29, 1.82) is 0 Å². The van der Waals surface area contributed by atoms with Crippen LogP contribution >= 0.6 is 46.7 Å². The summed E-state index contributed by atoms with van der Waals surface area (Å²) in [5.74, 6) is 2.61. The number of rotatable bonds is 8. The molecule has 2 nitrogen and oxygen atoms in total. The summed E-state index contributed by atoms with van der Waals surface area (Å²) in [6, 6.07) is 0. The molecule has 1 amide bonds. The molecule has 0 aromatic rings. The monoisotopic (exact) mass is 261 g/mol. The normalized spacial score (nSPS) is 10.7. The highest BCUT2D eigenvalue weighted by molar-refractivity contribution is 8.17. The first-order valence-electron chi connectivity index (χ1n) is 3.84. The molecule has 78 valence electrons. The third-order valence-electron chi connectivity index (χ3n) is 1.13. The van der Waals surface area contributed by atoms with Gasteiger partial charge in [-0.1, -0.05) is 0 Å². The molecular weight excluding hydrogens is 249 g/mol. The Morgan fingerprint density at radius 1 is 1.23 bits per heavy atom. The Labute approximate surface area is 97.3 Å². The van der Waals surface area contributed by atoms with Crippen molar-refractivity contribution in [3.8, 4) is 0 Å². The smallest absolute Gasteiger partial charge is 0.219 e. The second-order valence-electron chi connectivity index (χ2n) is 2.22. The van der Waals surface area contributed by atoms with Crippen LogP contribution in [-0.4, -0.2) is 33.8 Å². The SMILES string of the molecule is NC(=O)CC(SCCCl)SCCCl. The number of carbonyl (C=O) groups excluding carboxylic acids is 1. The number of nitrogens with two attached hydrogens (primary N) is 1. The maximum absolute atomic E-state index is 10.7. The van der Waals surface area contributed by atoms with Crippen molar-refractivity contribution in [2.24, 2.45) is 5.73 Å². The Hall–Kier alpha value is 0.750. The van der Waals surface area contributed by atoms with Gasteiger partial charge in [0.1, 0.15) is 0 Å². The maximum atomic E-state index is 10.7. The van der Waals surface area contributed by atoms with Gasteiger partial charge >= 0.3 is 0 Å². The second kappa shape index (κ2) is 9.31. The van der Waals surface area contributed by atoms with Gasteiger partial charge in [-0.3, -0.25) is 4.79 Å². The summed E-state index contributed by atoms with van der Waals surface area (Å²) in [6.45, 7) is 0. The summed E-state index contributed by atoms with van der Waals surface area (Å²) in [4.78, 5) is 10.7. The van der Waals surface area contributed by atoms with Gasteiger partial charge in [0.25, 0.3) is 0 Å². The Kier molecular flexibility index (Phi) is 9.85. The quantitative estimate of drug-likeness (QED) is 0.538. The number of amides is 1. The first-order chi connectivity index (χ1) is 6.20. The molecule has 6 heteroatoms. The molecule has 0 aliphatic rings. The zero-order valence-corrected chi connectivity index (χ0v) is 10.3.